The number of primary amides is 1. The van der Waals surface area contributed by atoms with Gasteiger partial charge in [0.1, 0.15) is 0 Å². The third-order valence-corrected chi connectivity index (χ3v) is 4.38. The van der Waals surface area contributed by atoms with Crippen LogP contribution in [0.4, 0.5) is 0 Å². The molecule has 0 saturated carbocycles. The van der Waals surface area contributed by atoms with Crippen molar-refractivity contribution in [1.82, 2.24) is 10.2 Å². The average molecular weight is 273 g/mol. The highest BCUT2D eigenvalue weighted by atomic mass is 16.2. The molecule has 2 aliphatic heterocycles. The van der Waals surface area contributed by atoms with E-state index in [4.69, 9.17) is 5.73 Å². The number of nitrogens with zero attached hydrogens (tertiary/aromatic N) is 1. The summed E-state index contributed by atoms with van der Waals surface area (Å²) in [4.78, 5) is 26.2. The number of carbonyl (C=O) groups excluding carboxylic acids is 2. The van der Waals surface area contributed by atoms with Gasteiger partial charge in [0.2, 0.25) is 5.91 Å². The summed E-state index contributed by atoms with van der Waals surface area (Å²) in [7, 11) is 0. The van der Waals surface area contributed by atoms with E-state index in [1.807, 2.05) is 17.9 Å². The van der Waals surface area contributed by atoms with E-state index in [1.54, 1.807) is 12.1 Å². The fraction of sp³-hybridized carbons (Fsp3) is 0.467. The van der Waals surface area contributed by atoms with Crippen molar-refractivity contribution in [3.63, 3.8) is 0 Å². The van der Waals surface area contributed by atoms with E-state index >= 15 is 0 Å². The van der Waals surface area contributed by atoms with E-state index in [9.17, 15) is 9.59 Å². The maximum Gasteiger partial charge on any atom is 0.255 e. The number of nitrogens with one attached hydrogen (secondary N) is 1. The molecule has 106 valence electrons. The predicted octanol–water partition coefficient (Wildman–Crippen LogP) is 1.05. The monoisotopic (exact) mass is 273 g/mol. The van der Waals surface area contributed by atoms with Crippen molar-refractivity contribution in [3.05, 3.63) is 34.9 Å². The van der Waals surface area contributed by atoms with Crippen LogP contribution in [0.15, 0.2) is 18.2 Å². The van der Waals surface area contributed by atoms with Gasteiger partial charge >= 0.3 is 0 Å². The number of amides is 2. The lowest BCUT2D eigenvalue weighted by Crippen LogP contribution is -2.44. The minimum absolute atomic E-state index is 0.0138. The fourth-order valence-electron chi connectivity index (χ4n) is 3.38. The van der Waals surface area contributed by atoms with Crippen LogP contribution in [0, 0.1) is 0 Å². The molecule has 0 aliphatic carbocycles. The van der Waals surface area contributed by atoms with Gasteiger partial charge in [0, 0.05) is 6.04 Å². The molecular weight excluding hydrogens is 254 g/mol. The highest BCUT2D eigenvalue weighted by molar-refractivity contribution is 6.09. The number of piperidine rings is 1. The van der Waals surface area contributed by atoms with Crippen molar-refractivity contribution >= 4 is 11.8 Å². The molecule has 2 amide bonds. The van der Waals surface area contributed by atoms with Crippen molar-refractivity contribution < 1.29 is 9.59 Å². The first-order valence-electron chi connectivity index (χ1n) is 7.07. The van der Waals surface area contributed by atoms with E-state index in [1.165, 1.54) is 0 Å². The number of rotatable bonds is 2. The van der Waals surface area contributed by atoms with Gasteiger partial charge < -0.3 is 16.0 Å². The zero-order valence-electron chi connectivity index (χ0n) is 11.6. The first-order chi connectivity index (χ1) is 9.61. The fourth-order valence-corrected chi connectivity index (χ4v) is 3.38. The summed E-state index contributed by atoms with van der Waals surface area (Å²) < 4.78 is 0. The molecule has 20 heavy (non-hydrogen) atoms. The predicted molar refractivity (Wildman–Crippen MR) is 75.4 cm³/mol. The van der Waals surface area contributed by atoms with Crippen LogP contribution >= 0.6 is 0 Å². The summed E-state index contributed by atoms with van der Waals surface area (Å²) in [6.07, 6.45) is 1.91. The standard InChI is InChI=1S/C15H19N3O2/c1-9-11-3-2-4-12(14(16)19)13(11)15(20)18(9)10-5-7-17-8-6-10/h2-4,9-10,17H,5-8H2,1H3,(H2,16,19). The summed E-state index contributed by atoms with van der Waals surface area (Å²) in [5.74, 6) is -0.580. The molecule has 1 fully saturated rings. The van der Waals surface area contributed by atoms with Crippen molar-refractivity contribution in [2.24, 2.45) is 5.73 Å². The molecule has 0 spiro atoms. The molecule has 0 radical (unpaired) electrons. The Morgan fingerprint density at radius 1 is 1.35 bits per heavy atom. The maximum atomic E-state index is 12.7. The van der Waals surface area contributed by atoms with Crippen LogP contribution in [0.5, 0.6) is 0 Å². The average Bonchev–Trinajstić information content (AvgIpc) is 2.72. The number of fused-ring (bicyclic) bond motifs is 1. The van der Waals surface area contributed by atoms with E-state index in [0.717, 1.165) is 31.5 Å². The van der Waals surface area contributed by atoms with Crippen LogP contribution in [0.2, 0.25) is 0 Å². The minimum Gasteiger partial charge on any atom is -0.366 e. The molecule has 2 aliphatic rings. The van der Waals surface area contributed by atoms with Gasteiger partial charge in [-0.15, -0.1) is 0 Å². The van der Waals surface area contributed by atoms with Gasteiger partial charge in [0.15, 0.2) is 0 Å². The molecule has 5 nitrogen and oxygen atoms in total. The highest BCUT2D eigenvalue weighted by Gasteiger charge is 2.40. The molecule has 1 unspecified atom stereocenters. The number of carbonyl (C=O) groups is 2. The Labute approximate surface area is 118 Å². The van der Waals surface area contributed by atoms with Crippen molar-refractivity contribution in [3.8, 4) is 0 Å². The van der Waals surface area contributed by atoms with Gasteiger partial charge in [0.25, 0.3) is 5.91 Å². The zero-order valence-corrected chi connectivity index (χ0v) is 11.6. The Balaban J connectivity index is 2.01. The molecule has 1 aromatic rings. The Morgan fingerprint density at radius 3 is 2.70 bits per heavy atom. The smallest absolute Gasteiger partial charge is 0.255 e. The van der Waals surface area contributed by atoms with Gasteiger partial charge in [-0.2, -0.15) is 0 Å². The molecule has 3 rings (SSSR count). The zero-order chi connectivity index (χ0) is 14.3. The van der Waals surface area contributed by atoms with Gasteiger partial charge in [-0.25, -0.2) is 0 Å². The molecule has 1 aromatic carbocycles. The molecule has 0 bridgehead atoms. The minimum atomic E-state index is -0.533. The van der Waals surface area contributed by atoms with Crippen LogP contribution < -0.4 is 11.1 Å². The Hall–Kier alpha value is -1.88. The normalized spacial score (nSPS) is 22.9. The lowest BCUT2D eigenvalue weighted by molar-refractivity contribution is 0.0599. The largest absolute Gasteiger partial charge is 0.366 e. The number of nitrogens with two attached hydrogens (primary N) is 1. The van der Waals surface area contributed by atoms with Crippen LogP contribution in [0.1, 0.15) is 52.1 Å². The molecule has 1 saturated heterocycles. The molecular formula is C15H19N3O2. The number of benzene rings is 1. The summed E-state index contributed by atoms with van der Waals surface area (Å²) >= 11 is 0. The topological polar surface area (TPSA) is 75.4 Å². The Bertz CT molecular complexity index is 564. The third kappa shape index (κ3) is 1.89. The van der Waals surface area contributed by atoms with Crippen LogP contribution in [-0.4, -0.2) is 35.8 Å². The van der Waals surface area contributed by atoms with Crippen LogP contribution in [0.3, 0.4) is 0 Å². The second kappa shape index (κ2) is 4.90. The first kappa shape index (κ1) is 13.1. The van der Waals surface area contributed by atoms with E-state index in [-0.39, 0.29) is 18.0 Å². The summed E-state index contributed by atoms with van der Waals surface area (Å²) in [5, 5.41) is 3.31. The maximum absolute atomic E-state index is 12.7. The van der Waals surface area contributed by atoms with Gasteiger partial charge in [-0.3, -0.25) is 9.59 Å². The van der Waals surface area contributed by atoms with Crippen LogP contribution in [-0.2, 0) is 0 Å². The SMILES string of the molecule is CC1c2cccc(C(N)=O)c2C(=O)N1C1CCNCC1. The Kier molecular flexibility index (Phi) is 3.22. The third-order valence-electron chi connectivity index (χ3n) is 4.38. The molecule has 5 heteroatoms. The second-order valence-electron chi connectivity index (χ2n) is 5.50. The molecule has 0 aromatic heterocycles. The van der Waals surface area contributed by atoms with E-state index in [2.05, 4.69) is 5.32 Å². The van der Waals surface area contributed by atoms with Crippen molar-refractivity contribution in [2.75, 3.05) is 13.1 Å². The Morgan fingerprint density at radius 2 is 2.05 bits per heavy atom. The molecule has 1 atom stereocenters. The molecule has 3 N–H and O–H groups in total. The van der Waals surface area contributed by atoms with E-state index in [0.29, 0.717) is 11.1 Å². The molecule has 2 heterocycles. The van der Waals surface area contributed by atoms with Gasteiger partial charge in [-0.05, 0) is 44.5 Å². The van der Waals surface area contributed by atoms with Gasteiger partial charge in [-0.1, -0.05) is 12.1 Å². The number of hydrogen-bond acceptors (Lipinski definition) is 3. The van der Waals surface area contributed by atoms with Crippen LogP contribution in [0.25, 0.3) is 0 Å². The number of hydrogen-bond donors (Lipinski definition) is 2. The van der Waals surface area contributed by atoms with E-state index < -0.39 is 5.91 Å². The van der Waals surface area contributed by atoms with Crippen molar-refractivity contribution in [2.45, 2.75) is 31.8 Å². The summed E-state index contributed by atoms with van der Waals surface area (Å²) in [6.45, 7) is 3.89. The first-order valence-corrected chi connectivity index (χ1v) is 7.07. The van der Waals surface area contributed by atoms with Gasteiger partial charge in [0.05, 0.1) is 17.2 Å². The lowest BCUT2D eigenvalue weighted by atomic mass is 10.00. The van der Waals surface area contributed by atoms with Crippen molar-refractivity contribution in [1.29, 1.82) is 0 Å². The summed E-state index contributed by atoms with van der Waals surface area (Å²) in [5.41, 5.74) is 7.17. The second-order valence-corrected chi connectivity index (χ2v) is 5.50. The highest BCUT2D eigenvalue weighted by Crippen LogP contribution is 2.38. The lowest BCUT2D eigenvalue weighted by Gasteiger charge is -2.34. The quantitative estimate of drug-likeness (QED) is 0.846. The summed E-state index contributed by atoms with van der Waals surface area (Å²) in [6, 6.07) is 5.62.